The van der Waals surface area contributed by atoms with Crippen molar-refractivity contribution in [1.29, 1.82) is 10.5 Å². The fourth-order valence-corrected chi connectivity index (χ4v) is 9.41. The van der Waals surface area contributed by atoms with E-state index in [0.29, 0.717) is 12.0 Å². The number of nitrogens with two attached hydrogens (primary N) is 2. The van der Waals surface area contributed by atoms with Gasteiger partial charge in [-0.2, -0.15) is 10.5 Å². The van der Waals surface area contributed by atoms with Crippen LogP contribution < -0.4 is 27.9 Å². The summed E-state index contributed by atoms with van der Waals surface area (Å²) < 4.78 is 9.11. The average Bonchev–Trinajstić information content (AvgIpc) is 3.71. The van der Waals surface area contributed by atoms with Crippen LogP contribution in [0.25, 0.3) is 11.1 Å². The van der Waals surface area contributed by atoms with Crippen molar-refractivity contribution in [3.8, 4) is 23.3 Å². The second-order valence-electron chi connectivity index (χ2n) is 21.8. The summed E-state index contributed by atoms with van der Waals surface area (Å²) in [6, 6.07) is 16.7. The number of nitrogens with one attached hydrogen (secondary N) is 2. The first-order valence-corrected chi connectivity index (χ1v) is 27.9. The Morgan fingerprint density at radius 1 is 0.610 bits per heavy atom. The van der Waals surface area contributed by atoms with Crippen LogP contribution in [-0.2, 0) is 82.0 Å². The van der Waals surface area contributed by atoms with Gasteiger partial charge in [-0.3, -0.25) is 39.5 Å². The zero-order valence-electron chi connectivity index (χ0n) is 49.2. The van der Waals surface area contributed by atoms with Gasteiger partial charge in [0.1, 0.15) is 11.7 Å². The summed E-state index contributed by atoms with van der Waals surface area (Å²) in [7, 11) is 0. The van der Waals surface area contributed by atoms with Crippen LogP contribution in [0, 0.1) is 54.3 Å². The molecule has 3 heterocycles. The predicted octanol–water partition coefficient (Wildman–Crippen LogP) is 10.4. The van der Waals surface area contributed by atoms with Crippen LogP contribution in [0.15, 0.2) is 41.2 Å². The second-order valence-corrected chi connectivity index (χ2v) is 22.1. The molecule has 1 saturated heterocycles. The Labute approximate surface area is 465 Å². The van der Waals surface area contributed by atoms with Crippen LogP contribution in [0.4, 0.5) is 0 Å². The van der Waals surface area contributed by atoms with Crippen LogP contribution in [0.3, 0.4) is 0 Å². The SMILES string of the molecule is C1COCCNN1.CC(C)(C)C(=O)Cl.CCc1cc(C)cc(CC)c1-c1c(CC(=O)C(C)(C)C)n2n(c1=O)CCCCC2.CCc1cc(C)cc(CC)c1C(C#N)C#N.CCc1cc(C)cc(CC)c1C(C(N)=O)C(N)=O. The number of hydrogen-bond donors (Lipinski definition) is 4. The normalized spacial score (nSPS) is 13.2. The Bertz CT molecular complexity index is 2660. The highest BCUT2D eigenvalue weighted by molar-refractivity contribution is 6.64. The maximum Gasteiger partial charge on any atom is 0.274 e. The van der Waals surface area contributed by atoms with E-state index in [2.05, 4.69) is 93.5 Å². The van der Waals surface area contributed by atoms with E-state index in [0.717, 1.165) is 147 Å². The lowest BCUT2D eigenvalue weighted by Crippen LogP contribution is -2.34. The lowest BCUT2D eigenvalue weighted by Gasteiger charge is -2.20. The van der Waals surface area contributed by atoms with Gasteiger partial charge in [0, 0.05) is 43.4 Å². The molecule has 6 rings (SSSR count). The minimum absolute atomic E-state index is 0.0804. The maximum atomic E-state index is 13.7. The van der Waals surface area contributed by atoms with Gasteiger partial charge in [0.2, 0.25) is 17.1 Å². The number of nitrogens with zero attached hydrogens (tertiary/aromatic N) is 4. The molecule has 77 heavy (non-hydrogen) atoms. The van der Waals surface area contributed by atoms with Gasteiger partial charge in [0.05, 0.1) is 36.6 Å². The van der Waals surface area contributed by atoms with Crippen LogP contribution in [-0.4, -0.2) is 58.5 Å². The molecule has 15 heteroatoms. The number of primary amides is 2. The molecule has 2 amide bonds. The first-order valence-electron chi connectivity index (χ1n) is 27.6. The number of ether oxygens (including phenoxy) is 1. The summed E-state index contributed by atoms with van der Waals surface area (Å²) in [6.45, 7) is 34.8. The van der Waals surface area contributed by atoms with E-state index >= 15 is 0 Å². The summed E-state index contributed by atoms with van der Waals surface area (Å²) >= 11 is 5.11. The van der Waals surface area contributed by atoms with Gasteiger partial charge in [-0.15, -0.1) is 0 Å². The molecule has 14 nitrogen and oxygen atoms in total. The average molecular weight is 1080 g/mol. The summed E-state index contributed by atoms with van der Waals surface area (Å²) in [5.41, 5.74) is 30.4. The van der Waals surface area contributed by atoms with E-state index in [4.69, 9.17) is 38.3 Å². The number of ketones is 1. The van der Waals surface area contributed by atoms with Crippen LogP contribution in [0.2, 0.25) is 0 Å². The summed E-state index contributed by atoms with van der Waals surface area (Å²) in [5.74, 6) is -2.85. The zero-order valence-corrected chi connectivity index (χ0v) is 50.0. The monoisotopic (exact) mass is 1080 g/mol. The van der Waals surface area contributed by atoms with Gasteiger partial charge in [-0.05, 0) is 140 Å². The standard InChI is InChI=1S/C25H36N2O2.C14H20N2O2.C14H16N2.C5H9ClO.C4H10N2O/c1-7-18-14-17(3)15-19(8-2)22(18)23-20(16-21(28)25(4,5)6)26-12-10-9-11-13-27(26)24(23)29;1-4-9-6-8(3)7-10(5-2)11(9)12(13(15)17)14(16)18;1-4-11-6-10(3)7-12(5-2)14(11)13(8-15)9-16;1-5(2,3)4(6)7;1-3-7-4-2-6-5-1/h14-15H,7-13,16H2,1-6H3;6-7,12H,4-5H2,1-3H3,(H2,15,17)(H2,16,18);6-7,13H,4-5H2,1-3H3;1-3H3;5-6H,1-4H2. The number of carbonyl (C=O) groups is 4. The number of fused-ring (bicyclic) bond motifs is 1. The smallest absolute Gasteiger partial charge is 0.274 e. The quantitative estimate of drug-likeness (QED) is 0.0731. The molecule has 0 radical (unpaired) electrons. The number of hydrogen-bond acceptors (Lipinski definition) is 10. The third-order valence-corrected chi connectivity index (χ3v) is 14.1. The molecular weight excluding hydrogens is 988 g/mol. The van der Waals surface area contributed by atoms with Gasteiger partial charge >= 0.3 is 0 Å². The Hall–Kier alpha value is -5.90. The van der Waals surface area contributed by atoms with Crippen molar-refractivity contribution in [3.63, 3.8) is 0 Å². The Kier molecular flexibility index (Phi) is 28.0. The third kappa shape index (κ3) is 19.5. The summed E-state index contributed by atoms with van der Waals surface area (Å²) in [6.07, 6.45) is 8.48. The number of hydrazine groups is 1. The topological polar surface area (TPSA) is 228 Å². The van der Waals surface area contributed by atoms with Gasteiger partial charge in [0.15, 0.2) is 5.92 Å². The van der Waals surface area contributed by atoms with E-state index in [1.54, 1.807) is 20.8 Å². The first kappa shape index (κ1) is 67.2. The molecule has 0 bridgehead atoms. The number of amides is 2. The predicted molar refractivity (Wildman–Crippen MR) is 312 cm³/mol. The van der Waals surface area contributed by atoms with Gasteiger partial charge < -0.3 is 16.2 Å². The number of nitriles is 2. The fourth-order valence-electron chi connectivity index (χ4n) is 9.41. The number of Topliss-reactive ketones (excluding diaryl/α,β-unsaturated/α-hetero) is 1. The van der Waals surface area contributed by atoms with Gasteiger partial charge in [-0.25, -0.2) is 4.68 Å². The second kappa shape index (κ2) is 32.1. The van der Waals surface area contributed by atoms with Crippen molar-refractivity contribution < 1.29 is 23.9 Å². The van der Waals surface area contributed by atoms with Crippen LogP contribution in [0.5, 0.6) is 0 Å². The minimum Gasteiger partial charge on any atom is -0.379 e. The molecule has 0 unspecified atom stereocenters. The van der Waals surface area contributed by atoms with Crippen molar-refractivity contribution in [2.75, 3.05) is 26.3 Å². The highest BCUT2D eigenvalue weighted by atomic mass is 35.5. The molecule has 6 N–H and O–H groups in total. The summed E-state index contributed by atoms with van der Waals surface area (Å²) in [5, 5.41) is 17.7. The van der Waals surface area contributed by atoms with Crippen molar-refractivity contribution >= 4 is 34.4 Å². The number of rotatable bonds is 13. The molecule has 0 spiro atoms. The molecule has 1 aromatic heterocycles. The third-order valence-electron chi connectivity index (χ3n) is 13.6. The van der Waals surface area contributed by atoms with Crippen LogP contribution in [0.1, 0.15) is 181 Å². The number of aryl methyl sites for hydroxylation is 9. The molecule has 3 aromatic carbocycles. The highest BCUT2D eigenvalue weighted by Crippen LogP contribution is 2.34. The van der Waals surface area contributed by atoms with Crippen LogP contribution >= 0.6 is 11.6 Å². The van der Waals surface area contributed by atoms with E-state index < -0.39 is 29.1 Å². The Morgan fingerprint density at radius 2 is 0.974 bits per heavy atom. The van der Waals surface area contributed by atoms with E-state index in [-0.39, 0.29) is 22.0 Å². The number of aromatic nitrogens is 2. The number of halogens is 1. The molecule has 0 atom stereocenters. The lowest BCUT2D eigenvalue weighted by atomic mass is 9.85. The molecule has 422 valence electrons. The van der Waals surface area contributed by atoms with Gasteiger partial charge in [-0.1, -0.05) is 136 Å². The molecule has 4 aromatic rings. The molecule has 2 aliphatic heterocycles. The largest absolute Gasteiger partial charge is 0.379 e. The van der Waals surface area contributed by atoms with Crippen molar-refractivity contribution in [3.05, 3.63) is 114 Å². The molecular formula is C62H91ClN8O6. The minimum atomic E-state index is -1.03. The molecule has 2 aliphatic rings. The van der Waals surface area contributed by atoms with E-state index in [1.807, 2.05) is 58.4 Å². The summed E-state index contributed by atoms with van der Waals surface area (Å²) in [4.78, 5) is 59.9. The Morgan fingerprint density at radius 3 is 1.31 bits per heavy atom. The maximum absolute atomic E-state index is 13.7. The fraction of sp³-hybridized carbons (Fsp3) is 0.565. The molecule has 1 fully saturated rings. The molecule has 0 saturated carbocycles. The zero-order chi connectivity index (χ0) is 58.4. The highest BCUT2D eigenvalue weighted by Gasteiger charge is 2.31. The van der Waals surface area contributed by atoms with Gasteiger partial charge in [0.25, 0.3) is 5.56 Å². The first-order chi connectivity index (χ1) is 36.2. The van der Waals surface area contributed by atoms with E-state index in [1.165, 1.54) is 22.3 Å². The van der Waals surface area contributed by atoms with Crippen molar-refractivity contribution in [2.24, 2.45) is 22.3 Å². The van der Waals surface area contributed by atoms with Crippen molar-refractivity contribution in [1.82, 2.24) is 20.2 Å². The Balaban J connectivity index is 0.000000364. The lowest BCUT2D eigenvalue weighted by molar-refractivity contribution is -0.128. The molecule has 0 aliphatic carbocycles. The number of benzene rings is 3. The number of carbonyl (C=O) groups excluding carboxylic acids is 4. The van der Waals surface area contributed by atoms with E-state index in [9.17, 15) is 24.0 Å². The van der Waals surface area contributed by atoms with Crippen molar-refractivity contribution in [2.45, 2.75) is 193 Å².